The minimum absolute atomic E-state index is 0.454. The predicted octanol–water partition coefficient (Wildman–Crippen LogP) is 3.33. The first-order valence-electron chi connectivity index (χ1n) is 6.70. The van der Waals surface area contributed by atoms with E-state index in [1.807, 2.05) is 23.9 Å². The van der Waals surface area contributed by atoms with E-state index in [2.05, 4.69) is 31.5 Å². The highest BCUT2D eigenvalue weighted by atomic mass is 32.2. The largest absolute Gasteiger partial charge is 0.493 e. The second-order valence-corrected chi connectivity index (χ2v) is 5.66. The molecule has 1 aromatic carbocycles. The average Bonchev–Trinajstić information content (AvgIpc) is 2.41. The van der Waals surface area contributed by atoms with Crippen molar-refractivity contribution in [3.8, 4) is 11.5 Å². The molecule has 0 heterocycles. The molecule has 1 N–H and O–H groups in total. The van der Waals surface area contributed by atoms with Gasteiger partial charge in [-0.05, 0) is 24.5 Å². The fraction of sp³-hybridized carbons (Fsp3) is 0.600. The molecule has 0 bridgehead atoms. The van der Waals surface area contributed by atoms with Crippen LogP contribution in [0.3, 0.4) is 0 Å². The molecule has 0 radical (unpaired) electrons. The molecule has 4 heteroatoms. The Morgan fingerprint density at radius 1 is 1.32 bits per heavy atom. The number of para-hydroxylation sites is 1. The van der Waals surface area contributed by atoms with Crippen molar-refractivity contribution in [3.63, 3.8) is 0 Å². The Kier molecular flexibility index (Phi) is 7.75. The zero-order valence-electron chi connectivity index (χ0n) is 12.4. The average molecular weight is 283 g/mol. The molecule has 0 unspecified atom stereocenters. The number of ether oxygens (including phenoxy) is 2. The summed E-state index contributed by atoms with van der Waals surface area (Å²) in [5.74, 6) is 2.81. The quantitative estimate of drug-likeness (QED) is 0.704. The van der Waals surface area contributed by atoms with Crippen LogP contribution >= 0.6 is 11.8 Å². The van der Waals surface area contributed by atoms with Gasteiger partial charge in [-0.3, -0.25) is 0 Å². The second-order valence-electron chi connectivity index (χ2n) is 4.68. The lowest BCUT2D eigenvalue weighted by molar-refractivity contribution is 0.291. The zero-order valence-corrected chi connectivity index (χ0v) is 13.2. The standard InChI is InChI=1S/C15H25NO2S/c1-12(2)16-11-13-7-5-8-14(17-3)15(13)18-9-6-10-19-4/h5,7-8,12,16H,6,9-11H2,1-4H3. The summed E-state index contributed by atoms with van der Waals surface area (Å²) >= 11 is 1.84. The molecule has 0 spiro atoms. The van der Waals surface area contributed by atoms with Gasteiger partial charge in [-0.2, -0.15) is 11.8 Å². The number of thioether (sulfide) groups is 1. The lowest BCUT2D eigenvalue weighted by Crippen LogP contribution is -2.22. The maximum absolute atomic E-state index is 5.92. The van der Waals surface area contributed by atoms with Crippen molar-refractivity contribution in [2.24, 2.45) is 0 Å². The van der Waals surface area contributed by atoms with Crippen LogP contribution in [0, 0.1) is 0 Å². The maximum Gasteiger partial charge on any atom is 0.165 e. The summed E-state index contributed by atoms with van der Waals surface area (Å²) in [5, 5.41) is 3.42. The highest BCUT2D eigenvalue weighted by Gasteiger charge is 2.10. The fourth-order valence-electron chi connectivity index (χ4n) is 1.72. The van der Waals surface area contributed by atoms with Crippen LogP contribution in [-0.4, -0.2) is 31.8 Å². The zero-order chi connectivity index (χ0) is 14.1. The topological polar surface area (TPSA) is 30.5 Å². The molecule has 0 aliphatic carbocycles. The molecule has 1 aromatic rings. The van der Waals surface area contributed by atoms with Crippen LogP contribution in [0.4, 0.5) is 0 Å². The Morgan fingerprint density at radius 2 is 2.11 bits per heavy atom. The molecule has 0 fully saturated rings. The second kappa shape index (κ2) is 9.10. The lowest BCUT2D eigenvalue weighted by atomic mass is 10.1. The van der Waals surface area contributed by atoms with Gasteiger partial charge in [-0.15, -0.1) is 0 Å². The monoisotopic (exact) mass is 283 g/mol. The minimum Gasteiger partial charge on any atom is -0.493 e. The van der Waals surface area contributed by atoms with Crippen LogP contribution in [0.1, 0.15) is 25.8 Å². The smallest absolute Gasteiger partial charge is 0.165 e. The van der Waals surface area contributed by atoms with E-state index in [1.54, 1.807) is 7.11 Å². The number of methoxy groups -OCH3 is 1. The van der Waals surface area contributed by atoms with Gasteiger partial charge >= 0.3 is 0 Å². The van der Waals surface area contributed by atoms with Crippen molar-refractivity contribution in [3.05, 3.63) is 23.8 Å². The van der Waals surface area contributed by atoms with Crippen LogP contribution in [0.2, 0.25) is 0 Å². The van der Waals surface area contributed by atoms with Gasteiger partial charge in [0.2, 0.25) is 0 Å². The number of hydrogen-bond donors (Lipinski definition) is 1. The molecule has 0 atom stereocenters. The van der Waals surface area contributed by atoms with E-state index < -0.39 is 0 Å². The van der Waals surface area contributed by atoms with Crippen LogP contribution in [-0.2, 0) is 6.54 Å². The van der Waals surface area contributed by atoms with Gasteiger partial charge in [0.25, 0.3) is 0 Å². The van der Waals surface area contributed by atoms with Crippen molar-refractivity contribution in [2.75, 3.05) is 25.7 Å². The molecule has 0 aromatic heterocycles. The lowest BCUT2D eigenvalue weighted by Gasteiger charge is -2.16. The summed E-state index contributed by atoms with van der Waals surface area (Å²) in [6.07, 6.45) is 3.16. The van der Waals surface area contributed by atoms with Gasteiger partial charge in [0.15, 0.2) is 11.5 Å². The van der Waals surface area contributed by atoms with Crippen molar-refractivity contribution in [1.82, 2.24) is 5.32 Å². The summed E-state index contributed by atoms with van der Waals surface area (Å²) in [7, 11) is 1.68. The molecule has 0 amide bonds. The van der Waals surface area contributed by atoms with Gasteiger partial charge < -0.3 is 14.8 Å². The molecule has 19 heavy (non-hydrogen) atoms. The normalized spacial score (nSPS) is 10.8. The maximum atomic E-state index is 5.92. The van der Waals surface area contributed by atoms with Gasteiger partial charge in [0.1, 0.15) is 0 Å². The Morgan fingerprint density at radius 3 is 2.74 bits per heavy atom. The first-order chi connectivity index (χ1) is 9.19. The van der Waals surface area contributed by atoms with Gasteiger partial charge in [0.05, 0.1) is 13.7 Å². The fourth-order valence-corrected chi connectivity index (χ4v) is 2.12. The van der Waals surface area contributed by atoms with Crippen molar-refractivity contribution in [1.29, 1.82) is 0 Å². The third-order valence-electron chi connectivity index (χ3n) is 2.72. The number of nitrogens with one attached hydrogen (secondary N) is 1. The van der Waals surface area contributed by atoms with Gasteiger partial charge in [-0.1, -0.05) is 26.0 Å². The van der Waals surface area contributed by atoms with Crippen molar-refractivity contribution in [2.45, 2.75) is 32.9 Å². The first-order valence-corrected chi connectivity index (χ1v) is 8.09. The number of benzene rings is 1. The van der Waals surface area contributed by atoms with Crippen molar-refractivity contribution < 1.29 is 9.47 Å². The first kappa shape index (κ1) is 16.2. The van der Waals surface area contributed by atoms with E-state index in [4.69, 9.17) is 9.47 Å². The third kappa shape index (κ3) is 5.74. The molecule has 3 nitrogen and oxygen atoms in total. The van der Waals surface area contributed by atoms with Gasteiger partial charge in [0, 0.05) is 18.2 Å². The van der Waals surface area contributed by atoms with Crippen LogP contribution in [0.5, 0.6) is 11.5 Å². The molecular formula is C15H25NO2S. The summed E-state index contributed by atoms with van der Waals surface area (Å²) in [6.45, 7) is 5.81. The Balaban J connectivity index is 2.71. The van der Waals surface area contributed by atoms with Gasteiger partial charge in [-0.25, -0.2) is 0 Å². The molecule has 1 rings (SSSR count). The highest BCUT2D eigenvalue weighted by Crippen LogP contribution is 2.31. The van der Waals surface area contributed by atoms with E-state index in [-0.39, 0.29) is 0 Å². The Hall–Kier alpha value is -0.870. The Labute approximate surface area is 121 Å². The third-order valence-corrected chi connectivity index (χ3v) is 3.42. The van der Waals surface area contributed by atoms with E-state index in [0.29, 0.717) is 6.04 Å². The minimum atomic E-state index is 0.454. The SMILES string of the molecule is COc1cccc(CNC(C)C)c1OCCCSC. The molecule has 0 saturated carbocycles. The highest BCUT2D eigenvalue weighted by molar-refractivity contribution is 7.98. The van der Waals surface area contributed by atoms with E-state index >= 15 is 0 Å². The Bertz CT molecular complexity index is 369. The summed E-state index contributed by atoms with van der Waals surface area (Å²) in [4.78, 5) is 0. The number of hydrogen-bond acceptors (Lipinski definition) is 4. The van der Waals surface area contributed by atoms with Crippen LogP contribution in [0.15, 0.2) is 18.2 Å². The van der Waals surface area contributed by atoms with E-state index in [0.717, 1.165) is 42.4 Å². The predicted molar refractivity (Wildman–Crippen MR) is 83.5 cm³/mol. The molecule has 0 aliphatic heterocycles. The van der Waals surface area contributed by atoms with E-state index in [1.165, 1.54) is 0 Å². The summed E-state index contributed by atoms with van der Waals surface area (Å²) in [6, 6.07) is 6.49. The van der Waals surface area contributed by atoms with Crippen LogP contribution in [0.25, 0.3) is 0 Å². The van der Waals surface area contributed by atoms with Crippen LogP contribution < -0.4 is 14.8 Å². The molecule has 0 saturated heterocycles. The molecular weight excluding hydrogens is 258 g/mol. The molecule has 108 valence electrons. The number of rotatable bonds is 9. The summed E-state index contributed by atoms with van der Waals surface area (Å²) < 4.78 is 11.3. The molecule has 0 aliphatic rings. The van der Waals surface area contributed by atoms with E-state index in [9.17, 15) is 0 Å². The summed E-state index contributed by atoms with van der Waals surface area (Å²) in [5.41, 5.74) is 1.15. The van der Waals surface area contributed by atoms with Crippen molar-refractivity contribution >= 4 is 11.8 Å².